The van der Waals surface area contributed by atoms with E-state index in [4.69, 9.17) is 5.11 Å². The molecule has 0 saturated carbocycles. The number of nitrogens with zero attached hydrogens (tertiary/aromatic N) is 1. The molecule has 1 rings (SSSR count). The molecule has 0 aliphatic rings. The summed E-state index contributed by atoms with van der Waals surface area (Å²) in [6.07, 6.45) is 1.10. The number of hydrogen-bond donors (Lipinski definition) is 2. The fourth-order valence-corrected chi connectivity index (χ4v) is 0.562. The van der Waals surface area contributed by atoms with Gasteiger partial charge in [-0.2, -0.15) is 0 Å². The van der Waals surface area contributed by atoms with Gasteiger partial charge in [0.25, 0.3) is 11.4 Å². The Bertz CT molecular complexity index is 290. The van der Waals surface area contributed by atoms with Crippen LogP contribution in [0.25, 0.3) is 0 Å². The van der Waals surface area contributed by atoms with Crippen molar-refractivity contribution in [1.82, 2.24) is 9.97 Å². The second kappa shape index (κ2) is 4.38. The van der Waals surface area contributed by atoms with Crippen LogP contribution in [-0.4, -0.2) is 22.2 Å². The summed E-state index contributed by atoms with van der Waals surface area (Å²) in [7, 11) is 1.28. The normalized spacial score (nSPS) is 8.45. The molecule has 1 aromatic rings. The van der Waals surface area contributed by atoms with Gasteiger partial charge in [-0.25, -0.2) is 4.98 Å². The summed E-state index contributed by atoms with van der Waals surface area (Å²) in [6, 6.07) is 0. The molecule has 0 radical (unpaired) electrons. The molecule has 0 spiro atoms. The number of nitrogens with one attached hydrogen (secondary N) is 1. The third kappa shape index (κ3) is 2.21. The molecule has 1 aromatic heterocycles. The van der Waals surface area contributed by atoms with Crippen LogP contribution in [-0.2, 0) is 0 Å². The van der Waals surface area contributed by atoms with E-state index in [9.17, 15) is 4.79 Å². The Morgan fingerprint density at radius 3 is 2.82 bits per heavy atom. The topological polar surface area (TPSA) is 75.2 Å². The van der Waals surface area contributed by atoms with Crippen LogP contribution in [0.15, 0.2) is 11.1 Å². The van der Waals surface area contributed by atoms with Crippen LogP contribution in [0, 0.1) is 0 Å². The molecule has 56 valence electrons. The summed E-state index contributed by atoms with van der Waals surface area (Å²) in [5.41, 5.74) is -0.491. The third-order valence-corrected chi connectivity index (χ3v) is 0.996. The van der Waals surface area contributed by atoms with Crippen LogP contribution in [0.1, 0.15) is 1.43 Å². The largest absolute Gasteiger partial charge is 1.00 e. The van der Waals surface area contributed by atoms with Gasteiger partial charge >= 0.3 is 29.6 Å². The number of ether oxygens (including phenoxy) is 1. The van der Waals surface area contributed by atoms with Crippen molar-refractivity contribution in [2.45, 2.75) is 0 Å². The van der Waals surface area contributed by atoms with Gasteiger partial charge in [0.05, 0.1) is 13.4 Å². The van der Waals surface area contributed by atoms with Crippen molar-refractivity contribution >= 4 is 0 Å². The van der Waals surface area contributed by atoms with Gasteiger partial charge in [0.1, 0.15) is 0 Å². The summed E-state index contributed by atoms with van der Waals surface area (Å²) in [5.74, 6) is -0.561. The van der Waals surface area contributed by atoms with Crippen LogP contribution in [0.4, 0.5) is 0 Å². The van der Waals surface area contributed by atoms with Gasteiger partial charge in [0, 0.05) is 0 Å². The Morgan fingerprint density at radius 2 is 2.45 bits per heavy atom. The Hall–Kier alpha value is -0.520. The zero-order valence-electron chi connectivity index (χ0n) is 7.29. The minimum absolute atomic E-state index is 0. The van der Waals surface area contributed by atoms with Crippen molar-refractivity contribution in [2.75, 3.05) is 7.11 Å². The monoisotopic (exact) mass is 166 g/mol. The number of aromatic nitrogens is 2. The molecule has 0 aliphatic carbocycles. The third-order valence-electron chi connectivity index (χ3n) is 0.996. The van der Waals surface area contributed by atoms with E-state index in [1.807, 2.05) is 0 Å². The van der Waals surface area contributed by atoms with Gasteiger partial charge in [-0.3, -0.25) is 4.79 Å². The van der Waals surface area contributed by atoms with Crippen molar-refractivity contribution in [2.24, 2.45) is 0 Å². The van der Waals surface area contributed by atoms with E-state index in [1.54, 1.807) is 0 Å². The van der Waals surface area contributed by atoms with Gasteiger partial charge in [-0.05, 0) is 0 Å². The molecule has 0 atom stereocenters. The summed E-state index contributed by atoms with van der Waals surface area (Å²) in [5, 5.41) is 8.84. The van der Waals surface area contributed by atoms with Gasteiger partial charge in [0.15, 0.2) is 0 Å². The van der Waals surface area contributed by atoms with E-state index < -0.39 is 11.4 Å². The number of hydrogen-bond acceptors (Lipinski definition) is 4. The second-order valence-electron chi connectivity index (χ2n) is 1.59. The van der Waals surface area contributed by atoms with Crippen molar-refractivity contribution in [1.29, 1.82) is 0 Å². The molecule has 0 bridgehead atoms. The van der Waals surface area contributed by atoms with E-state index in [1.165, 1.54) is 7.11 Å². The molecule has 0 aliphatic heterocycles. The maximum Gasteiger partial charge on any atom is 1.00 e. The predicted molar refractivity (Wildman–Crippen MR) is 34.2 cm³/mol. The van der Waals surface area contributed by atoms with Crippen LogP contribution >= 0.6 is 0 Å². The maximum absolute atomic E-state index is 10.7. The average molecular weight is 166 g/mol. The molecular weight excluding hydrogens is 159 g/mol. The number of H-pyrrole nitrogens is 1. The van der Waals surface area contributed by atoms with Gasteiger partial charge in [-0.1, -0.05) is 0 Å². The first-order chi connectivity index (χ1) is 4.75. The second-order valence-corrected chi connectivity index (χ2v) is 1.59. The quantitative estimate of drug-likeness (QED) is 0.426. The predicted octanol–water partition coefficient (Wildman–Crippen LogP) is -3.40. The fourth-order valence-electron chi connectivity index (χ4n) is 0.562. The van der Waals surface area contributed by atoms with Gasteiger partial charge < -0.3 is 16.3 Å². The first-order valence-corrected chi connectivity index (χ1v) is 2.56. The first kappa shape index (κ1) is 10.5. The summed E-state index contributed by atoms with van der Waals surface area (Å²) in [4.78, 5) is 16.3. The minimum atomic E-state index is -0.491. The smallest absolute Gasteiger partial charge is 1.00 e. The molecule has 0 aromatic carbocycles. The standard InChI is InChI=1S/C5H6N2O3.Na.H/c1-10-3-4(8)6-2-7-5(3)9;;/h2H,1H3,(H2,6,7,8,9);;/q;+1;-1. The summed E-state index contributed by atoms with van der Waals surface area (Å²) >= 11 is 0. The minimum Gasteiger partial charge on any atom is -1.00 e. The molecule has 2 N–H and O–H groups in total. The van der Waals surface area contributed by atoms with E-state index in [2.05, 4.69) is 14.7 Å². The zero-order chi connectivity index (χ0) is 7.56. The molecule has 6 heteroatoms. The molecule has 1 heterocycles. The molecule has 0 saturated heterocycles. The van der Waals surface area contributed by atoms with Gasteiger partial charge in [0.2, 0.25) is 5.75 Å². The number of aromatic amines is 1. The fraction of sp³-hybridized carbons (Fsp3) is 0.200. The first-order valence-electron chi connectivity index (χ1n) is 2.56. The Kier molecular flexibility index (Phi) is 4.17. The van der Waals surface area contributed by atoms with Crippen molar-refractivity contribution in [3.63, 3.8) is 0 Å². The summed E-state index contributed by atoms with van der Waals surface area (Å²) in [6.45, 7) is 0. The van der Waals surface area contributed by atoms with E-state index in [0.29, 0.717) is 0 Å². The van der Waals surface area contributed by atoms with E-state index >= 15 is 0 Å². The van der Waals surface area contributed by atoms with E-state index in [-0.39, 0.29) is 36.7 Å². The zero-order valence-corrected chi connectivity index (χ0v) is 8.29. The SMILES string of the molecule is COc1c(O)nc[nH]c1=O.[H-].[Na+]. The van der Waals surface area contributed by atoms with E-state index in [0.717, 1.165) is 6.33 Å². The summed E-state index contributed by atoms with van der Waals surface area (Å²) < 4.78 is 4.52. The number of rotatable bonds is 1. The van der Waals surface area contributed by atoms with Crippen molar-refractivity contribution in [3.8, 4) is 11.6 Å². The van der Waals surface area contributed by atoms with Crippen molar-refractivity contribution in [3.05, 3.63) is 16.7 Å². The van der Waals surface area contributed by atoms with Crippen molar-refractivity contribution < 1.29 is 40.8 Å². The van der Waals surface area contributed by atoms with Crippen LogP contribution in [0.2, 0.25) is 0 Å². The Labute approximate surface area is 86.2 Å². The molecule has 0 fully saturated rings. The van der Waals surface area contributed by atoms with Crippen LogP contribution < -0.4 is 39.9 Å². The molecule has 0 amide bonds. The number of aromatic hydroxyl groups is 1. The Morgan fingerprint density at radius 1 is 1.82 bits per heavy atom. The molecular formula is C5H7N2NaO3. The Balaban J connectivity index is 0. The average Bonchev–Trinajstić information content (AvgIpc) is 1.88. The van der Waals surface area contributed by atoms with Crippen LogP contribution in [0.5, 0.6) is 11.6 Å². The molecule has 5 nitrogen and oxygen atoms in total. The molecule has 0 unspecified atom stereocenters. The molecule has 11 heavy (non-hydrogen) atoms. The number of methoxy groups -OCH3 is 1. The maximum atomic E-state index is 10.7. The van der Waals surface area contributed by atoms with Gasteiger partial charge in [-0.15, -0.1) is 0 Å². The van der Waals surface area contributed by atoms with Crippen LogP contribution in [0.3, 0.4) is 0 Å².